The molecule has 3 nitrogen and oxygen atoms in total. The third-order valence-corrected chi connectivity index (χ3v) is 2.72. The van der Waals surface area contributed by atoms with Gasteiger partial charge in [-0.1, -0.05) is 6.07 Å². The van der Waals surface area contributed by atoms with Crippen molar-refractivity contribution in [3.05, 3.63) is 28.2 Å². The number of aromatic hydroxyl groups is 1. The Balaban J connectivity index is 2.44. The lowest BCUT2D eigenvalue weighted by atomic mass is 10.1. The van der Waals surface area contributed by atoms with Gasteiger partial charge in [0.2, 0.25) is 0 Å². The number of hydrogen-bond acceptors (Lipinski definition) is 3. The average molecular weight is 273 g/mol. The van der Waals surface area contributed by atoms with Crippen LogP contribution in [0.15, 0.2) is 22.7 Å². The van der Waals surface area contributed by atoms with E-state index in [1.54, 1.807) is 6.07 Å². The normalized spacial score (nSPS) is 10.0. The predicted octanol–water partition coefficient (Wildman–Crippen LogP) is 2.65. The third kappa shape index (κ3) is 3.91. The zero-order chi connectivity index (χ0) is 11.3. The monoisotopic (exact) mass is 272 g/mol. The minimum absolute atomic E-state index is 0.187. The summed E-state index contributed by atoms with van der Waals surface area (Å²) in [6.07, 6.45) is 1.98. The van der Waals surface area contributed by atoms with Gasteiger partial charge in [0, 0.05) is 6.42 Å². The van der Waals surface area contributed by atoms with E-state index in [0.717, 1.165) is 18.4 Å². The van der Waals surface area contributed by atoms with Gasteiger partial charge in [0.25, 0.3) is 0 Å². The molecular weight excluding hydrogens is 260 g/mol. The molecule has 0 atom stereocenters. The van der Waals surface area contributed by atoms with Gasteiger partial charge in [0.15, 0.2) is 0 Å². The van der Waals surface area contributed by atoms with E-state index in [1.165, 1.54) is 7.11 Å². The smallest absolute Gasteiger partial charge is 0.305 e. The van der Waals surface area contributed by atoms with Crippen LogP contribution in [0.25, 0.3) is 0 Å². The van der Waals surface area contributed by atoms with E-state index in [2.05, 4.69) is 20.7 Å². The molecule has 0 aliphatic carbocycles. The van der Waals surface area contributed by atoms with Crippen molar-refractivity contribution in [2.75, 3.05) is 7.11 Å². The largest absolute Gasteiger partial charge is 0.507 e. The zero-order valence-electron chi connectivity index (χ0n) is 8.50. The highest BCUT2D eigenvalue weighted by Crippen LogP contribution is 2.24. The highest BCUT2D eigenvalue weighted by Gasteiger charge is 2.02. The lowest BCUT2D eigenvalue weighted by molar-refractivity contribution is -0.140. The number of carbonyl (C=O) groups is 1. The summed E-state index contributed by atoms with van der Waals surface area (Å²) in [7, 11) is 1.39. The van der Waals surface area contributed by atoms with Crippen molar-refractivity contribution in [1.29, 1.82) is 0 Å². The Labute approximate surface area is 97.2 Å². The van der Waals surface area contributed by atoms with Gasteiger partial charge in [-0.05, 0) is 46.5 Å². The third-order valence-electron chi connectivity index (χ3n) is 2.09. The summed E-state index contributed by atoms with van der Waals surface area (Å²) < 4.78 is 5.22. The molecule has 0 aromatic heterocycles. The second-order valence-corrected chi connectivity index (χ2v) is 4.07. The first-order valence-electron chi connectivity index (χ1n) is 4.67. The van der Waals surface area contributed by atoms with Gasteiger partial charge in [-0.3, -0.25) is 4.79 Å². The number of halogens is 1. The van der Waals surface area contributed by atoms with Crippen LogP contribution in [0.3, 0.4) is 0 Å². The van der Waals surface area contributed by atoms with E-state index < -0.39 is 0 Å². The van der Waals surface area contributed by atoms with Crippen molar-refractivity contribution < 1.29 is 14.6 Å². The SMILES string of the molecule is COC(=O)CCCc1ccc(O)c(Br)c1. The van der Waals surface area contributed by atoms with E-state index in [1.807, 2.05) is 12.1 Å². The first-order chi connectivity index (χ1) is 7.13. The average Bonchev–Trinajstić information content (AvgIpc) is 2.23. The van der Waals surface area contributed by atoms with Crippen LogP contribution in [0.5, 0.6) is 5.75 Å². The van der Waals surface area contributed by atoms with Crippen molar-refractivity contribution in [2.24, 2.45) is 0 Å². The zero-order valence-corrected chi connectivity index (χ0v) is 10.1. The number of methoxy groups -OCH3 is 1. The molecule has 0 amide bonds. The molecule has 15 heavy (non-hydrogen) atoms. The molecule has 1 aromatic carbocycles. The Bertz CT molecular complexity index is 350. The minimum Gasteiger partial charge on any atom is -0.507 e. The summed E-state index contributed by atoms with van der Waals surface area (Å²) in [5, 5.41) is 9.27. The molecule has 0 bridgehead atoms. The van der Waals surface area contributed by atoms with Gasteiger partial charge >= 0.3 is 5.97 Å². The van der Waals surface area contributed by atoms with Crippen molar-refractivity contribution in [1.82, 2.24) is 0 Å². The Morgan fingerprint density at radius 2 is 2.27 bits per heavy atom. The minimum atomic E-state index is -0.187. The van der Waals surface area contributed by atoms with E-state index >= 15 is 0 Å². The maximum absolute atomic E-state index is 10.9. The Kier molecular flexibility index (Phi) is 4.62. The van der Waals surface area contributed by atoms with Gasteiger partial charge in [-0.2, -0.15) is 0 Å². The standard InChI is InChI=1S/C11H13BrO3/c1-15-11(14)4-2-3-8-5-6-10(13)9(12)7-8/h5-7,13H,2-4H2,1H3. The number of hydrogen-bond donors (Lipinski definition) is 1. The predicted molar refractivity (Wildman–Crippen MR) is 60.8 cm³/mol. The molecule has 0 radical (unpaired) electrons. The molecule has 0 unspecified atom stereocenters. The maximum Gasteiger partial charge on any atom is 0.305 e. The molecule has 0 fully saturated rings. The number of aryl methyl sites for hydroxylation is 1. The summed E-state index contributed by atoms with van der Waals surface area (Å²) in [5.41, 5.74) is 1.09. The number of ether oxygens (including phenoxy) is 1. The van der Waals surface area contributed by atoms with Crippen LogP contribution in [0, 0.1) is 0 Å². The lowest BCUT2D eigenvalue weighted by Crippen LogP contribution is -2.00. The van der Waals surface area contributed by atoms with Crippen molar-refractivity contribution in [3.8, 4) is 5.75 Å². The van der Waals surface area contributed by atoms with Crippen molar-refractivity contribution in [3.63, 3.8) is 0 Å². The number of phenols is 1. The van der Waals surface area contributed by atoms with Crippen LogP contribution in [0.4, 0.5) is 0 Å². The maximum atomic E-state index is 10.9. The van der Waals surface area contributed by atoms with Crippen LogP contribution in [-0.4, -0.2) is 18.2 Å². The van der Waals surface area contributed by atoms with Gasteiger partial charge in [-0.25, -0.2) is 0 Å². The molecular formula is C11H13BrO3. The van der Waals surface area contributed by atoms with E-state index in [4.69, 9.17) is 0 Å². The fraction of sp³-hybridized carbons (Fsp3) is 0.364. The van der Waals surface area contributed by atoms with Crippen LogP contribution in [0.2, 0.25) is 0 Å². The quantitative estimate of drug-likeness (QED) is 0.858. The van der Waals surface area contributed by atoms with Crippen LogP contribution >= 0.6 is 15.9 Å². The molecule has 0 heterocycles. The lowest BCUT2D eigenvalue weighted by Gasteiger charge is -2.03. The summed E-state index contributed by atoms with van der Waals surface area (Å²) in [5.74, 6) is 0.0413. The van der Waals surface area contributed by atoms with E-state index in [-0.39, 0.29) is 11.7 Å². The molecule has 0 aliphatic rings. The molecule has 0 spiro atoms. The van der Waals surface area contributed by atoms with E-state index in [9.17, 15) is 9.90 Å². The highest BCUT2D eigenvalue weighted by molar-refractivity contribution is 9.10. The molecule has 1 rings (SSSR count). The highest BCUT2D eigenvalue weighted by atomic mass is 79.9. The second-order valence-electron chi connectivity index (χ2n) is 3.22. The van der Waals surface area contributed by atoms with Crippen molar-refractivity contribution in [2.45, 2.75) is 19.3 Å². The first kappa shape index (κ1) is 12.0. The molecule has 1 aromatic rings. The number of esters is 1. The van der Waals surface area contributed by atoms with Crippen LogP contribution < -0.4 is 0 Å². The van der Waals surface area contributed by atoms with Gasteiger partial charge in [0.1, 0.15) is 5.75 Å². The number of carbonyl (C=O) groups excluding carboxylic acids is 1. The van der Waals surface area contributed by atoms with Gasteiger partial charge in [-0.15, -0.1) is 0 Å². The molecule has 0 saturated carbocycles. The first-order valence-corrected chi connectivity index (χ1v) is 5.47. The van der Waals surface area contributed by atoms with Crippen molar-refractivity contribution >= 4 is 21.9 Å². The summed E-state index contributed by atoms with van der Waals surface area (Å²) in [6.45, 7) is 0. The Morgan fingerprint density at radius 3 is 2.87 bits per heavy atom. The number of phenolic OH excluding ortho intramolecular Hbond substituents is 1. The number of rotatable bonds is 4. The van der Waals surface area contributed by atoms with Crippen LogP contribution in [0.1, 0.15) is 18.4 Å². The summed E-state index contributed by atoms with van der Waals surface area (Å²) >= 11 is 3.24. The molecule has 0 saturated heterocycles. The second kappa shape index (κ2) is 5.75. The Morgan fingerprint density at radius 1 is 1.53 bits per heavy atom. The fourth-order valence-electron chi connectivity index (χ4n) is 1.24. The molecule has 4 heteroatoms. The molecule has 1 N–H and O–H groups in total. The summed E-state index contributed by atoms with van der Waals surface area (Å²) in [6, 6.07) is 5.33. The van der Waals surface area contributed by atoms with Gasteiger partial charge in [0.05, 0.1) is 11.6 Å². The fourth-order valence-corrected chi connectivity index (χ4v) is 1.67. The Hall–Kier alpha value is -1.03. The number of benzene rings is 1. The molecule has 0 aliphatic heterocycles. The van der Waals surface area contributed by atoms with Crippen LogP contribution in [-0.2, 0) is 16.0 Å². The topological polar surface area (TPSA) is 46.5 Å². The van der Waals surface area contributed by atoms with E-state index in [0.29, 0.717) is 10.9 Å². The van der Waals surface area contributed by atoms with Gasteiger partial charge < -0.3 is 9.84 Å². The molecule has 82 valence electrons. The summed E-state index contributed by atoms with van der Waals surface area (Å²) in [4.78, 5) is 10.9.